The minimum Gasteiger partial charge on any atom is -0.305 e. The quantitative estimate of drug-likeness (QED) is 0.871. The van der Waals surface area contributed by atoms with Gasteiger partial charge in [-0.3, -0.25) is 4.98 Å². The van der Waals surface area contributed by atoms with Crippen molar-refractivity contribution in [3.63, 3.8) is 0 Å². The molecule has 0 saturated heterocycles. The van der Waals surface area contributed by atoms with Gasteiger partial charge in [0, 0.05) is 24.2 Å². The van der Waals surface area contributed by atoms with Crippen molar-refractivity contribution in [2.75, 3.05) is 6.54 Å². The van der Waals surface area contributed by atoms with Crippen LogP contribution in [-0.2, 0) is 0 Å². The zero-order valence-corrected chi connectivity index (χ0v) is 9.47. The Morgan fingerprint density at radius 2 is 2.12 bits per heavy atom. The average molecular weight is 232 g/mol. The SMILES string of the molecule is CCNC(c1cncnc1)c1ncccc1F. The largest absolute Gasteiger partial charge is 0.305 e. The Morgan fingerprint density at radius 3 is 2.76 bits per heavy atom. The van der Waals surface area contributed by atoms with Crippen LogP contribution in [0.1, 0.15) is 24.2 Å². The molecule has 0 aliphatic rings. The van der Waals surface area contributed by atoms with Crippen molar-refractivity contribution < 1.29 is 4.39 Å². The van der Waals surface area contributed by atoms with E-state index in [0.717, 1.165) is 5.56 Å². The number of pyridine rings is 1. The van der Waals surface area contributed by atoms with E-state index < -0.39 is 0 Å². The van der Waals surface area contributed by atoms with Crippen LogP contribution in [0.25, 0.3) is 0 Å². The summed E-state index contributed by atoms with van der Waals surface area (Å²) in [6, 6.07) is 2.65. The van der Waals surface area contributed by atoms with Crippen molar-refractivity contribution in [3.8, 4) is 0 Å². The molecule has 0 amide bonds. The fourth-order valence-corrected chi connectivity index (χ4v) is 1.65. The molecule has 0 saturated carbocycles. The van der Waals surface area contributed by atoms with Gasteiger partial charge in [-0.15, -0.1) is 0 Å². The molecular weight excluding hydrogens is 219 g/mol. The minimum absolute atomic E-state index is 0.317. The molecule has 2 aromatic rings. The Bertz CT molecular complexity index is 475. The number of aromatic nitrogens is 3. The third-order valence-corrected chi connectivity index (χ3v) is 2.38. The molecule has 0 fully saturated rings. The van der Waals surface area contributed by atoms with Gasteiger partial charge in [-0.2, -0.15) is 0 Å². The molecule has 0 aromatic carbocycles. The summed E-state index contributed by atoms with van der Waals surface area (Å²) >= 11 is 0. The first kappa shape index (κ1) is 11.6. The van der Waals surface area contributed by atoms with Gasteiger partial charge < -0.3 is 5.32 Å². The molecule has 1 atom stereocenters. The highest BCUT2D eigenvalue weighted by Gasteiger charge is 2.18. The van der Waals surface area contributed by atoms with Crippen molar-refractivity contribution in [3.05, 3.63) is 54.1 Å². The maximum atomic E-state index is 13.7. The minimum atomic E-state index is -0.331. The Morgan fingerprint density at radius 1 is 1.35 bits per heavy atom. The summed E-state index contributed by atoms with van der Waals surface area (Å²) in [7, 11) is 0. The maximum absolute atomic E-state index is 13.7. The number of hydrogen-bond donors (Lipinski definition) is 1. The van der Waals surface area contributed by atoms with Gasteiger partial charge in [0.15, 0.2) is 0 Å². The lowest BCUT2D eigenvalue weighted by atomic mass is 10.1. The molecule has 1 unspecified atom stereocenters. The molecule has 5 heteroatoms. The van der Waals surface area contributed by atoms with Crippen LogP contribution in [-0.4, -0.2) is 21.5 Å². The second kappa shape index (κ2) is 5.45. The van der Waals surface area contributed by atoms with Gasteiger partial charge >= 0.3 is 0 Å². The first-order chi connectivity index (χ1) is 8.33. The summed E-state index contributed by atoms with van der Waals surface area (Å²) in [5, 5.41) is 3.17. The molecule has 2 heterocycles. The average Bonchev–Trinajstić information content (AvgIpc) is 2.38. The Hall–Kier alpha value is -1.88. The van der Waals surface area contributed by atoms with Gasteiger partial charge in [-0.1, -0.05) is 6.92 Å². The number of hydrogen-bond acceptors (Lipinski definition) is 4. The van der Waals surface area contributed by atoms with Crippen molar-refractivity contribution in [1.82, 2.24) is 20.3 Å². The summed E-state index contributed by atoms with van der Waals surface area (Å²) in [5.74, 6) is -0.331. The molecule has 17 heavy (non-hydrogen) atoms. The van der Waals surface area contributed by atoms with E-state index >= 15 is 0 Å². The molecule has 2 aromatic heterocycles. The fraction of sp³-hybridized carbons (Fsp3) is 0.250. The molecule has 0 aliphatic heterocycles. The summed E-state index contributed by atoms with van der Waals surface area (Å²) in [6.07, 6.45) is 6.34. The standard InChI is InChI=1S/C12H13FN4/c1-2-16-11(9-6-14-8-15-7-9)12-10(13)4-3-5-17-12/h3-8,11,16H,2H2,1H3. The van der Waals surface area contributed by atoms with Crippen molar-refractivity contribution in [1.29, 1.82) is 0 Å². The molecular formula is C12H13FN4. The van der Waals surface area contributed by atoms with Crippen LogP contribution in [0.15, 0.2) is 37.1 Å². The second-order valence-corrected chi connectivity index (χ2v) is 3.53. The van der Waals surface area contributed by atoms with E-state index in [1.54, 1.807) is 24.7 Å². The van der Waals surface area contributed by atoms with E-state index in [4.69, 9.17) is 0 Å². The molecule has 0 radical (unpaired) electrons. The van der Waals surface area contributed by atoms with Crippen LogP contribution in [0, 0.1) is 5.82 Å². The van der Waals surface area contributed by atoms with E-state index in [2.05, 4.69) is 20.3 Å². The second-order valence-electron chi connectivity index (χ2n) is 3.53. The summed E-state index contributed by atoms with van der Waals surface area (Å²) in [6.45, 7) is 2.66. The van der Waals surface area contributed by atoms with Gasteiger partial charge in [-0.25, -0.2) is 14.4 Å². The molecule has 0 aliphatic carbocycles. The molecule has 0 bridgehead atoms. The van der Waals surface area contributed by atoms with Crippen LogP contribution in [0.3, 0.4) is 0 Å². The van der Waals surface area contributed by atoms with E-state index in [-0.39, 0.29) is 11.9 Å². The van der Waals surface area contributed by atoms with Crippen molar-refractivity contribution in [2.24, 2.45) is 0 Å². The van der Waals surface area contributed by atoms with Crippen LogP contribution in [0.2, 0.25) is 0 Å². The lowest BCUT2D eigenvalue weighted by molar-refractivity contribution is 0.541. The highest BCUT2D eigenvalue weighted by atomic mass is 19.1. The van der Waals surface area contributed by atoms with Crippen LogP contribution >= 0.6 is 0 Å². The van der Waals surface area contributed by atoms with Gasteiger partial charge in [0.2, 0.25) is 0 Å². The molecule has 2 rings (SSSR count). The number of nitrogens with one attached hydrogen (secondary N) is 1. The predicted octanol–water partition coefficient (Wildman–Crippen LogP) is 1.71. The predicted molar refractivity (Wildman–Crippen MR) is 61.7 cm³/mol. The highest BCUT2D eigenvalue weighted by molar-refractivity contribution is 5.24. The molecule has 0 spiro atoms. The van der Waals surface area contributed by atoms with Crippen LogP contribution in [0.5, 0.6) is 0 Å². The van der Waals surface area contributed by atoms with Crippen LogP contribution < -0.4 is 5.32 Å². The zero-order chi connectivity index (χ0) is 12.1. The van der Waals surface area contributed by atoms with Crippen molar-refractivity contribution >= 4 is 0 Å². The van der Waals surface area contributed by atoms with Crippen molar-refractivity contribution in [2.45, 2.75) is 13.0 Å². The molecule has 88 valence electrons. The summed E-state index contributed by atoms with van der Waals surface area (Å²) < 4.78 is 13.7. The lowest BCUT2D eigenvalue weighted by Crippen LogP contribution is -2.24. The molecule has 1 N–H and O–H groups in total. The van der Waals surface area contributed by atoms with E-state index in [9.17, 15) is 4.39 Å². The van der Waals surface area contributed by atoms with Gasteiger partial charge in [0.05, 0.1) is 11.7 Å². The summed E-state index contributed by atoms with van der Waals surface area (Å²) in [5.41, 5.74) is 1.16. The number of nitrogens with zero attached hydrogens (tertiary/aromatic N) is 3. The van der Waals surface area contributed by atoms with Gasteiger partial charge in [0.1, 0.15) is 12.1 Å². The van der Waals surface area contributed by atoms with Gasteiger partial charge in [-0.05, 0) is 18.7 Å². The number of rotatable bonds is 4. The van der Waals surface area contributed by atoms with E-state index in [1.165, 1.54) is 12.4 Å². The lowest BCUT2D eigenvalue weighted by Gasteiger charge is -2.17. The highest BCUT2D eigenvalue weighted by Crippen LogP contribution is 2.20. The third kappa shape index (κ3) is 2.62. The Balaban J connectivity index is 2.39. The van der Waals surface area contributed by atoms with Gasteiger partial charge in [0.25, 0.3) is 0 Å². The fourth-order valence-electron chi connectivity index (χ4n) is 1.65. The number of halogens is 1. The smallest absolute Gasteiger partial charge is 0.146 e. The normalized spacial score (nSPS) is 12.4. The monoisotopic (exact) mass is 232 g/mol. The van der Waals surface area contributed by atoms with E-state index in [0.29, 0.717) is 12.2 Å². The topological polar surface area (TPSA) is 50.7 Å². The first-order valence-corrected chi connectivity index (χ1v) is 5.41. The summed E-state index contributed by atoms with van der Waals surface area (Å²) in [4.78, 5) is 12.0. The van der Waals surface area contributed by atoms with Crippen LogP contribution in [0.4, 0.5) is 4.39 Å². The molecule has 4 nitrogen and oxygen atoms in total. The Kier molecular flexibility index (Phi) is 3.72. The van der Waals surface area contributed by atoms with E-state index in [1.807, 2.05) is 6.92 Å². The first-order valence-electron chi connectivity index (χ1n) is 5.41. The zero-order valence-electron chi connectivity index (χ0n) is 9.47. The maximum Gasteiger partial charge on any atom is 0.146 e. The Labute approximate surface area is 99.0 Å². The third-order valence-electron chi connectivity index (χ3n) is 2.38.